The van der Waals surface area contributed by atoms with Gasteiger partial charge in [-0.1, -0.05) is 30.3 Å². The Kier molecular flexibility index (Phi) is 3.75. The van der Waals surface area contributed by atoms with Crippen molar-refractivity contribution >= 4 is 23.1 Å². The lowest BCUT2D eigenvalue weighted by molar-refractivity contribution is -0.137. The molecule has 1 aliphatic heterocycles. The van der Waals surface area contributed by atoms with E-state index < -0.39 is 23.6 Å². The first-order valence-corrected chi connectivity index (χ1v) is 7.13. The average Bonchev–Trinajstić information content (AvgIpc) is 2.77. The summed E-state index contributed by atoms with van der Waals surface area (Å²) in [6.07, 6.45) is -4.47. The van der Waals surface area contributed by atoms with Crippen molar-refractivity contribution < 1.29 is 22.8 Å². The monoisotopic (exact) mass is 331 g/mol. The van der Waals surface area contributed by atoms with E-state index in [1.807, 2.05) is 0 Å². The second-order valence-electron chi connectivity index (χ2n) is 5.36. The molecule has 0 spiro atoms. The first-order valence-electron chi connectivity index (χ1n) is 7.13. The lowest BCUT2D eigenvalue weighted by Gasteiger charge is -2.16. The molecule has 0 fully saturated rings. The number of amides is 2. The van der Waals surface area contributed by atoms with Crippen LogP contribution in [0.4, 0.5) is 18.9 Å². The number of anilines is 1. The maximum atomic E-state index is 12.6. The Morgan fingerprint density at radius 3 is 1.96 bits per heavy atom. The zero-order chi connectivity index (χ0) is 17.5. The van der Waals surface area contributed by atoms with Crippen molar-refractivity contribution in [1.29, 1.82) is 0 Å². The third-order valence-electron chi connectivity index (χ3n) is 3.83. The number of carbonyl (C=O) groups excluding carboxylic acids is 2. The van der Waals surface area contributed by atoms with Crippen LogP contribution in [0.15, 0.2) is 60.2 Å². The molecule has 0 radical (unpaired) electrons. The van der Waals surface area contributed by atoms with E-state index in [9.17, 15) is 22.8 Å². The molecule has 0 unspecified atom stereocenters. The number of imide groups is 1. The van der Waals surface area contributed by atoms with Gasteiger partial charge in [-0.05, 0) is 36.8 Å². The number of halogens is 3. The van der Waals surface area contributed by atoms with Crippen LogP contribution in [0.1, 0.15) is 18.1 Å². The molecule has 1 heterocycles. The molecule has 0 aliphatic carbocycles. The van der Waals surface area contributed by atoms with Crippen molar-refractivity contribution in [1.82, 2.24) is 0 Å². The Labute approximate surface area is 136 Å². The normalized spacial score (nSPS) is 15.4. The van der Waals surface area contributed by atoms with Gasteiger partial charge in [0.25, 0.3) is 11.8 Å². The van der Waals surface area contributed by atoms with Gasteiger partial charge in [-0.15, -0.1) is 0 Å². The lowest BCUT2D eigenvalue weighted by atomic mass is 10.0. The second kappa shape index (κ2) is 5.63. The Morgan fingerprint density at radius 1 is 0.833 bits per heavy atom. The summed E-state index contributed by atoms with van der Waals surface area (Å²) in [6, 6.07) is 12.6. The number of alkyl halides is 3. The van der Waals surface area contributed by atoms with Crippen molar-refractivity contribution in [2.45, 2.75) is 13.1 Å². The zero-order valence-corrected chi connectivity index (χ0v) is 12.6. The molecular weight excluding hydrogens is 319 g/mol. The fourth-order valence-electron chi connectivity index (χ4n) is 2.62. The van der Waals surface area contributed by atoms with Gasteiger partial charge in [-0.25, -0.2) is 4.90 Å². The summed E-state index contributed by atoms with van der Waals surface area (Å²) in [5.74, 6) is -1.07. The molecule has 3 nitrogen and oxygen atoms in total. The fraction of sp³-hybridized carbons (Fsp3) is 0.111. The van der Waals surface area contributed by atoms with E-state index in [1.54, 1.807) is 30.3 Å². The highest BCUT2D eigenvalue weighted by Crippen LogP contribution is 2.35. The zero-order valence-electron chi connectivity index (χ0n) is 12.6. The first-order chi connectivity index (χ1) is 11.3. The summed E-state index contributed by atoms with van der Waals surface area (Å²) in [5.41, 5.74) is 0.413. The second-order valence-corrected chi connectivity index (χ2v) is 5.36. The topological polar surface area (TPSA) is 37.4 Å². The molecule has 0 saturated carbocycles. The van der Waals surface area contributed by atoms with Crippen LogP contribution in [0.5, 0.6) is 0 Å². The smallest absolute Gasteiger partial charge is 0.269 e. The van der Waals surface area contributed by atoms with Crippen LogP contribution in [0.2, 0.25) is 0 Å². The molecule has 1 aliphatic rings. The summed E-state index contributed by atoms with van der Waals surface area (Å²) in [5, 5.41) is 0. The van der Waals surface area contributed by atoms with E-state index >= 15 is 0 Å². The first kappa shape index (κ1) is 16.0. The van der Waals surface area contributed by atoms with Crippen molar-refractivity contribution in [2.24, 2.45) is 0 Å². The van der Waals surface area contributed by atoms with Crippen molar-refractivity contribution in [2.75, 3.05) is 4.90 Å². The molecule has 2 aromatic carbocycles. The summed E-state index contributed by atoms with van der Waals surface area (Å²) in [4.78, 5) is 25.9. The van der Waals surface area contributed by atoms with E-state index in [0.717, 1.165) is 29.2 Å². The van der Waals surface area contributed by atoms with Crippen LogP contribution in [0.25, 0.3) is 5.57 Å². The number of hydrogen-bond donors (Lipinski definition) is 0. The van der Waals surface area contributed by atoms with Crippen molar-refractivity contribution in [3.05, 3.63) is 71.3 Å². The molecule has 3 rings (SSSR count). The Hall–Kier alpha value is -2.89. The van der Waals surface area contributed by atoms with Crippen molar-refractivity contribution in [3.8, 4) is 0 Å². The molecule has 6 heteroatoms. The van der Waals surface area contributed by atoms with Gasteiger partial charge in [0.1, 0.15) is 0 Å². The quantitative estimate of drug-likeness (QED) is 0.779. The molecule has 2 aromatic rings. The predicted octanol–water partition coefficient (Wildman–Crippen LogP) is 4.05. The van der Waals surface area contributed by atoms with Crippen LogP contribution in [-0.4, -0.2) is 11.8 Å². The molecule has 0 saturated heterocycles. The van der Waals surface area contributed by atoms with E-state index in [-0.39, 0.29) is 16.8 Å². The Balaban J connectivity index is 1.98. The minimum Gasteiger partial charge on any atom is -0.269 e. The highest BCUT2D eigenvalue weighted by molar-refractivity contribution is 6.45. The van der Waals surface area contributed by atoms with E-state index in [0.29, 0.717) is 5.56 Å². The number of carbonyl (C=O) groups is 2. The molecule has 24 heavy (non-hydrogen) atoms. The van der Waals surface area contributed by atoms with E-state index in [2.05, 4.69) is 0 Å². The third kappa shape index (κ3) is 2.60. The van der Waals surface area contributed by atoms with Gasteiger partial charge in [-0.3, -0.25) is 9.59 Å². The summed E-state index contributed by atoms with van der Waals surface area (Å²) < 4.78 is 37.9. The Morgan fingerprint density at radius 2 is 1.42 bits per heavy atom. The molecule has 0 aromatic heterocycles. The van der Waals surface area contributed by atoms with Crippen LogP contribution >= 0.6 is 0 Å². The standard InChI is InChI=1S/C18H12F3NO2/c1-11-15(12-5-3-2-4-6-12)17(24)22(16(11)23)14-9-7-13(8-10-14)18(19,20)21/h2-10H,1H3. The Bertz CT molecular complexity index is 837. The lowest BCUT2D eigenvalue weighted by Crippen LogP contribution is -2.31. The molecule has 0 bridgehead atoms. The third-order valence-corrected chi connectivity index (χ3v) is 3.83. The van der Waals surface area contributed by atoms with Gasteiger partial charge in [0.2, 0.25) is 0 Å². The number of hydrogen-bond acceptors (Lipinski definition) is 2. The highest BCUT2D eigenvalue weighted by Gasteiger charge is 2.38. The van der Waals surface area contributed by atoms with Gasteiger partial charge in [-0.2, -0.15) is 13.2 Å². The van der Waals surface area contributed by atoms with E-state index in [1.165, 1.54) is 6.92 Å². The molecule has 122 valence electrons. The number of rotatable bonds is 2. The van der Waals surface area contributed by atoms with Gasteiger partial charge >= 0.3 is 6.18 Å². The SMILES string of the molecule is CC1=C(c2ccccc2)C(=O)N(c2ccc(C(F)(F)F)cc2)C1=O. The summed E-state index contributed by atoms with van der Waals surface area (Å²) in [6.45, 7) is 1.53. The highest BCUT2D eigenvalue weighted by atomic mass is 19.4. The number of benzene rings is 2. The maximum absolute atomic E-state index is 12.6. The van der Waals surface area contributed by atoms with Gasteiger partial charge in [0.15, 0.2) is 0 Å². The van der Waals surface area contributed by atoms with Gasteiger partial charge < -0.3 is 0 Å². The van der Waals surface area contributed by atoms with Crippen LogP contribution in [0, 0.1) is 0 Å². The summed E-state index contributed by atoms with van der Waals surface area (Å²) in [7, 11) is 0. The molecule has 2 amide bonds. The molecular formula is C18H12F3NO2. The number of nitrogens with zero attached hydrogens (tertiary/aromatic N) is 1. The largest absolute Gasteiger partial charge is 0.416 e. The van der Waals surface area contributed by atoms with Gasteiger partial charge in [0, 0.05) is 5.57 Å². The molecule has 0 N–H and O–H groups in total. The maximum Gasteiger partial charge on any atom is 0.416 e. The van der Waals surface area contributed by atoms with Crippen LogP contribution < -0.4 is 4.90 Å². The van der Waals surface area contributed by atoms with Crippen molar-refractivity contribution in [3.63, 3.8) is 0 Å². The fourth-order valence-corrected chi connectivity index (χ4v) is 2.62. The van der Waals surface area contributed by atoms with E-state index in [4.69, 9.17) is 0 Å². The van der Waals surface area contributed by atoms with Gasteiger partial charge in [0.05, 0.1) is 16.8 Å². The van der Waals surface area contributed by atoms with Crippen LogP contribution in [0.3, 0.4) is 0 Å². The minimum absolute atomic E-state index is 0.114. The average molecular weight is 331 g/mol. The van der Waals surface area contributed by atoms with Crippen LogP contribution in [-0.2, 0) is 15.8 Å². The minimum atomic E-state index is -4.47. The summed E-state index contributed by atoms with van der Waals surface area (Å²) >= 11 is 0. The molecule has 0 atom stereocenters. The predicted molar refractivity (Wildman–Crippen MR) is 83.0 cm³/mol.